The molecule has 2 atom stereocenters. The van der Waals surface area contributed by atoms with Crippen LogP contribution in [0.3, 0.4) is 0 Å². The Morgan fingerprint density at radius 1 is 1.44 bits per heavy atom. The van der Waals surface area contributed by atoms with Crippen LogP contribution in [0.2, 0.25) is 0 Å². The lowest BCUT2D eigenvalue weighted by Crippen LogP contribution is -2.31. The van der Waals surface area contributed by atoms with Gasteiger partial charge in [-0.25, -0.2) is 0 Å². The smallest absolute Gasteiger partial charge is 0.166 e. The molecule has 0 radical (unpaired) electrons. The Bertz CT molecular complexity index is 211. The number of hydrogen-bond acceptors (Lipinski definition) is 3. The van der Waals surface area contributed by atoms with E-state index in [4.69, 9.17) is 21.7 Å². The largest absolute Gasteiger partial charge is 0.379 e. The van der Waals surface area contributed by atoms with Crippen LogP contribution in [0.5, 0.6) is 0 Å². The summed E-state index contributed by atoms with van der Waals surface area (Å²) in [6.07, 6.45) is 5.74. The highest BCUT2D eigenvalue weighted by Crippen LogP contribution is 2.19. The van der Waals surface area contributed by atoms with Gasteiger partial charge in [0.15, 0.2) is 6.29 Å². The summed E-state index contributed by atoms with van der Waals surface area (Å²) >= 11 is 5.23. The van der Waals surface area contributed by atoms with E-state index in [0.29, 0.717) is 0 Å². The highest BCUT2D eigenvalue weighted by molar-refractivity contribution is 7.80. The van der Waals surface area contributed by atoms with E-state index >= 15 is 0 Å². The van der Waals surface area contributed by atoms with Crippen molar-refractivity contribution in [2.24, 2.45) is 5.92 Å². The van der Waals surface area contributed by atoms with E-state index in [1.165, 1.54) is 19.3 Å². The molecule has 1 aliphatic heterocycles. The van der Waals surface area contributed by atoms with Crippen molar-refractivity contribution in [3.8, 4) is 0 Å². The van der Waals surface area contributed by atoms with E-state index < -0.39 is 0 Å². The fourth-order valence-corrected chi connectivity index (χ4v) is 2.28. The summed E-state index contributed by atoms with van der Waals surface area (Å²) in [6.45, 7) is 3.93. The maximum absolute atomic E-state index is 5.74. The summed E-state index contributed by atoms with van der Waals surface area (Å²) in [5.74, 6) is 0.242. The fourth-order valence-electron chi connectivity index (χ4n) is 1.95. The van der Waals surface area contributed by atoms with Crippen LogP contribution in [0.4, 0.5) is 0 Å². The second-order valence-electron chi connectivity index (χ2n) is 4.22. The minimum atomic E-state index is -0.163. The first-order valence-corrected chi connectivity index (χ1v) is 6.62. The number of methoxy groups -OCH3 is 1. The van der Waals surface area contributed by atoms with Crippen LogP contribution in [0.1, 0.15) is 39.0 Å². The number of ether oxygens (including phenoxy) is 2. The first kappa shape index (κ1) is 13.9. The third kappa shape index (κ3) is 4.36. The molecular formula is C12H23NO2S. The topological polar surface area (TPSA) is 30.5 Å². The normalized spacial score (nSPS) is 22.1. The number of rotatable bonds is 8. The predicted molar refractivity (Wildman–Crippen MR) is 69.6 cm³/mol. The van der Waals surface area contributed by atoms with Crippen molar-refractivity contribution in [1.82, 2.24) is 5.32 Å². The zero-order chi connectivity index (χ0) is 11.8. The second-order valence-corrected chi connectivity index (χ2v) is 4.66. The van der Waals surface area contributed by atoms with Gasteiger partial charge in [0.1, 0.15) is 0 Å². The summed E-state index contributed by atoms with van der Waals surface area (Å²) in [4.78, 5) is 0.889. The molecule has 3 nitrogen and oxygen atoms in total. The molecule has 0 spiro atoms. The van der Waals surface area contributed by atoms with Gasteiger partial charge in [0.2, 0.25) is 0 Å². The minimum Gasteiger partial charge on any atom is -0.379 e. The molecule has 1 rings (SSSR count). The zero-order valence-corrected chi connectivity index (χ0v) is 11.1. The Hall–Kier alpha value is -0.190. The Balaban J connectivity index is 2.18. The van der Waals surface area contributed by atoms with Crippen molar-refractivity contribution in [3.63, 3.8) is 0 Å². The molecule has 0 aliphatic carbocycles. The first-order chi connectivity index (χ1) is 7.79. The lowest BCUT2D eigenvalue weighted by atomic mass is 10.1. The molecule has 0 bridgehead atoms. The highest BCUT2D eigenvalue weighted by atomic mass is 32.1. The highest BCUT2D eigenvalue weighted by Gasteiger charge is 2.29. The summed E-state index contributed by atoms with van der Waals surface area (Å²) in [5.41, 5.74) is 0. The molecule has 4 heteroatoms. The van der Waals surface area contributed by atoms with Crippen LogP contribution in [-0.4, -0.2) is 31.5 Å². The monoisotopic (exact) mass is 245 g/mol. The Morgan fingerprint density at radius 3 is 2.81 bits per heavy atom. The number of nitrogens with one attached hydrogen (secondary N) is 1. The van der Waals surface area contributed by atoms with E-state index in [9.17, 15) is 0 Å². The summed E-state index contributed by atoms with van der Waals surface area (Å²) in [6, 6.07) is 0. The van der Waals surface area contributed by atoms with Gasteiger partial charge in [0.05, 0.1) is 10.9 Å². The summed E-state index contributed by atoms with van der Waals surface area (Å²) in [7, 11) is 1.69. The molecule has 16 heavy (non-hydrogen) atoms. The molecule has 0 saturated carbocycles. The van der Waals surface area contributed by atoms with Gasteiger partial charge in [-0.15, -0.1) is 0 Å². The molecule has 1 aliphatic rings. The molecule has 1 heterocycles. The van der Waals surface area contributed by atoms with Crippen LogP contribution in [0, 0.1) is 5.92 Å². The quantitative estimate of drug-likeness (QED) is 0.404. The number of thiocarbonyl (C=S) groups is 1. The van der Waals surface area contributed by atoms with Gasteiger partial charge in [0, 0.05) is 20.3 Å². The molecule has 1 fully saturated rings. The van der Waals surface area contributed by atoms with E-state index in [1.807, 2.05) is 0 Å². The minimum absolute atomic E-state index is 0.163. The Labute approximate surface area is 104 Å². The van der Waals surface area contributed by atoms with Gasteiger partial charge >= 0.3 is 0 Å². The SMILES string of the molecule is CCCCCCOC(OC)C1CCNC1=S. The molecule has 94 valence electrons. The van der Waals surface area contributed by atoms with Crippen molar-refractivity contribution in [2.45, 2.75) is 45.3 Å². The Kier molecular flexibility index (Phi) is 6.92. The molecule has 1 saturated heterocycles. The third-order valence-corrected chi connectivity index (χ3v) is 3.38. The lowest BCUT2D eigenvalue weighted by molar-refractivity contribution is -0.141. The van der Waals surface area contributed by atoms with Gasteiger partial charge in [-0.05, 0) is 12.8 Å². The average Bonchev–Trinajstić information content (AvgIpc) is 2.70. The molecule has 1 N–H and O–H groups in total. The van der Waals surface area contributed by atoms with Crippen molar-refractivity contribution in [2.75, 3.05) is 20.3 Å². The van der Waals surface area contributed by atoms with Crippen molar-refractivity contribution < 1.29 is 9.47 Å². The van der Waals surface area contributed by atoms with Gasteiger partial charge in [-0.2, -0.15) is 0 Å². The molecule has 0 aromatic rings. The van der Waals surface area contributed by atoms with Gasteiger partial charge in [0.25, 0.3) is 0 Å². The van der Waals surface area contributed by atoms with Crippen LogP contribution in [0.15, 0.2) is 0 Å². The molecule has 0 aromatic carbocycles. The van der Waals surface area contributed by atoms with Crippen LogP contribution < -0.4 is 5.32 Å². The third-order valence-electron chi connectivity index (χ3n) is 2.93. The first-order valence-electron chi connectivity index (χ1n) is 6.21. The van der Waals surface area contributed by atoms with Crippen LogP contribution in [-0.2, 0) is 9.47 Å². The average molecular weight is 245 g/mol. The number of unbranched alkanes of at least 4 members (excludes halogenated alkanes) is 3. The summed E-state index contributed by atoms with van der Waals surface area (Å²) in [5, 5.41) is 3.17. The number of hydrogen-bond donors (Lipinski definition) is 1. The van der Waals surface area contributed by atoms with E-state index in [1.54, 1.807) is 7.11 Å². The summed E-state index contributed by atoms with van der Waals surface area (Å²) < 4.78 is 11.1. The van der Waals surface area contributed by atoms with Crippen molar-refractivity contribution >= 4 is 17.2 Å². The molecular weight excluding hydrogens is 222 g/mol. The molecule has 0 aromatic heterocycles. The second kappa shape index (κ2) is 7.98. The molecule has 0 amide bonds. The lowest BCUT2D eigenvalue weighted by Gasteiger charge is -2.21. The zero-order valence-electron chi connectivity index (χ0n) is 10.3. The van der Waals surface area contributed by atoms with E-state index in [0.717, 1.165) is 31.0 Å². The van der Waals surface area contributed by atoms with Crippen LogP contribution in [0.25, 0.3) is 0 Å². The van der Waals surface area contributed by atoms with Gasteiger partial charge in [-0.3, -0.25) is 0 Å². The Morgan fingerprint density at radius 2 is 2.25 bits per heavy atom. The maximum Gasteiger partial charge on any atom is 0.166 e. The van der Waals surface area contributed by atoms with E-state index in [-0.39, 0.29) is 12.2 Å². The van der Waals surface area contributed by atoms with Crippen molar-refractivity contribution in [1.29, 1.82) is 0 Å². The molecule has 2 unspecified atom stereocenters. The predicted octanol–water partition coefficient (Wildman–Crippen LogP) is 2.49. The van der Waals surface area contributed by atoms with Gasteiger partial charge in [-0.1, -0.05) is 38.4 Å². The van der Waals surface area contributed by atoms with Crippen molar-refractivity contribution in [3.05, 3.63) is 0 Å². The fraction of sp³-hybridized carbons (Fsp3) is 0.917. The standard InChI is InChI=1S/C12H23NO2S/c1-3-4-5-6-9-15-12(14-2)10-7-8-13-11(10)16/h10,12H,3-9H2,1-2H3,(H,13,16). The van der Waals surface area contributed by atoms with E-state index in [2.05, 4.69) is 12.2 Å². The van der Waals surface area contributed by atoms with Gasteiger partial charge < -0.3 is 14.8 Å². The maximum atomic E-state index is 5.74. The van der Waals surface area contributed by atoms with Crippen LogP contribution >= 0.6 is 12.2 Å².